The third-order valence-corrected chi connectivity index (χ3v) is 6.16. The normalized spacial score (nSPS) is 21.5. The predicted molar refractivity (Wildman–Crippen MR) is 114 cm³/mol. The maximum absolute atomic E-state index is 13.3. The zero-order chi connectivity index (χ0) is 24.2. The van der Waals surface area contributed by atoms with E-state index in [1.807, 2.05) is 0 Å². The number of rotatable bonds is 5. The highest BCUT2D eigenvalue weighted by Gasteiger charge is 2.48. The van der Waals surface area contributed by atoms with E-state index in [1.165, 1.54) is 25.3 Å². The number of hydrogen-bond donors (Lipinski definition) is 4. The van der Waals surface area contributed by atoms with Gasteiger partial charge in [-0.25, -0.2) is 0 Å². The van der Waals surface area contributed by atoms with Crippen molar-refractivity contribution in [2.75, 3.05) is 13.7 Å². The molecule has 9 nitrogen and oxygen atoms in total. The molecule has 0 fully saturated rings. The van der Waals surface area contributed by atoms with E-state index in [4.69, 9.17) is 9.47 Å². The van der Waals surface area contributed by atoms with Crippen LogP contribution in [0.5, 0.6) is 17.2 Å². The molecule has 0 spiro atoms. The Morgan fingerprint density at radius 2 is 1.79 bits per heavy atom. The van der Waals surface area contributed by atoms with Gasteiger partial charge in [-0.05, 0) is 19.9 Å². The Hall–Kier alpha value is -3.27. The molecule has 2 aliphatic carbocycles. The summed E-state index contributed by atoms with van der Waals surface area (Å²) in [6.07, 6.45) is -2.81. The number of aromatic hydroxyl groups is 2. The van der Waals surface area contributed by atoms with Crippen molar-refractivity contribution in [1.82, 2.24) is 0 Å². The Balaban J connectivity index is 1.88. The molecule has 4 rings (SSSR count). The van der Waals surface area contributed by atoms with E-state index >= 15 is 0 Å². The average molecular weight is 456 g/mol. The van der Waals surface area contributed by atoms with Crippen molar-refractivity contribution in [3.05, 3.63) is 51.6 Å². The summed E-state index contributed by atoms with van der Waals surface area (Å²) >= 11 is 0. The average Bonchev–Trinajstić information content (AvgIpc) is 2.76. The lowest BCUT2D eigenvalue weighted by Gasteiger charge is -2.37. The van der Waals surface area contributed by atoms with Gasteiger partial charge >= 0.3 is 0 Å². The van der Waals surface area contributed by atoms with Crippen molar-refractivity contribution in [2.24, 2.45) is 0 Å². The minimum absolute atomic E-state index is 0.0190. The first-order valence-corrected chi connectivity index (χ1v) is 10.4. The van der Waals surface area contributed by atoms with Crippen molar-refractivity contribution >= 4 is 17.3 Å². The second kappa shape index (κ2) is 7.95. The van der Waals surface area contributed by atoms with Crippen LogP contribution in [0.1, 0.15) is 69.3 Å². The Morgan fingerprint density at radius 1 is 1.12 bits per heavy atom. The number of fused-ring (bicyclic) bond motifs is 3. The van der Waals surface area contributed by atoms with E-state index < -0.39 is 71.1 Å². The molecule has 33 heavy (non-hydrogen) atoms. The molecule has 0 heterocycles. The van der Waals surface area contributed by atoms with Gasteiger partial charge in [0.1, 0.15) is 29.5 Å². The molecule has 0 bridgehead atoms. The number of carbonyl (C=O) groups excluding carboxylic acids is 3. The summed E-state index contributed by atoms with van der Waals surface area (Å²) in [7, 11) is 1.33. The lowest BCUT2D eigenvalue weighted by atomic mass is 9.72. The smallest absolute Gasteiger partial charge is 0.202 e. The van der Waals surface area contributed by atoms with Gasteiger partial charge in [-0.2, -0.15) is 0 Å². The van der Waals surface area contributed by atoms with Gasteiger partial charge in [0.05, 0.1) is 36.0 Å². The van der Waals surface area contributed by atoms with Crippen LogP contribution in [0.15, 0.2) is 18.2 Å². The molecule has 2 aromatic rings. The van der Waals surface area contributed by atoms with Gasteiger partial charge in [0.15, 0.2) is 11.6 Å². The molecule has 2 aliphatic rings. The van der Waals surface area contributed by atoms with Gasteiger partial charge in [0.25, 0.3) is 0 Å². The number of carbonyl (C=O) groups is 3. The first-order chi connectivity index (χ1) is 15.5. The number of aliphatic hydroxyl groups is 2. The fourth-order valence-electron chi connectivity index (χ4n) is 4.53. The van der Waals surface area contributed by atoms with Crippen LogP contribution >= 0.6 is 0 Å². The van der Waals surface area contributed by atoms with E-state index in [0.29, 0.717) is 0 Å². The topological polar surface area (TPSA) is 151 Å². The van der Waals surface area contributed by atoms with Crippen molar-refractivity contribution < 1.29 is 44.3 Å². The third kappa shape index (κ3) is 3.40. The van der Waals surface area contributed by atoms with Crippen molar-refractivity contribution in [1.29, 1.82) is 0 Å². The first kappa shape index (κ1) is 22.9. The summed E-state index contributed by atoms with van der Waals surface area (Å²) in [5.41, 5.74) is -3.44. The fourth-order valence-corrected chi connectivity index (χ4v) is 4.53. The van der Waals surface area contributed by atoms with Gasteiger partial charge in [-0.3, -0.25) is 14.4 Å². The standard InChI is InChI=1S/C24H24O9/c1-10(2)33-9-15(26)24(31)7-12-16(13(25)8-24)22(29)19-18(21(12)28)20(27)11-5-4-6-14(32-3)17(11)23(19)30/h4-6,10,13,25,28-29,31H,7-9H2,1-3H3/t13-,24-/m0/s1. The molecule has 0 radical (unpaired) electrons. The minimum Gasteiger partial charge on any atom is -0.507 e. The Morgan fingerprint density at radius 3 is 2.42 bits per heavy atom. The van der Waals surface area contributed by atoms with E-state index in [2.05, 4.69) is 0 Å². The molecule has 0 aromatic heterocycles. The number of methoxy groups -OCH3 is 1. The van der Waals surface area contributed by atoms with E-state index in [-0.39, 0.29) is 34.1 Å². The lowest BCUT2D eigenvalue weighted by Crippen LogP contribution is -2.47. The number of phenols is 2. The molecule has 0 aliphatic heterocycles. The number of ketones is 3. The van der Waals surface area contributed by atoms with Crippen molar-refractivity contribution in [2.45, 2.75) is 44.5 Å². The number of benzene rings is 2. The molecular weight excluding hydrogens is 432 g/mol. The Kier molecular flexibility index (Phi) is 5.52. The molecule has 0 saturated heterocycles. The van der Waals surface area contributed by atoms with Crippen LogP contribution in [0.4, 0.5) is 0 Å². The molecule has 2 aromatic carbocycles. The zero-order valence-electron chi connectivity index (χ0n) is 18.3. The summed E-state index contributed by atoms with van der Waals surface area (Å²) in [6.45, 7) is 3.01. The highest BCUT2D eigenvalue weighted by molar-refractivity contribution is 6.31. The Bertz CT molecular complexity index is 1200. The number of aliphatic hydroxyl groups excluding tert-OH is 1. The summed E-state index contributed by atoms with van der Waals surface area (Å²) in [5, 5.41) is 43.7. The molecule has 0 amide bonds. The highest BCUT2D eigenvalue weighted by Crippen LogP contribution is 2.51. The molecular formula is C24H24O9. The largest absolute Gasteiger partial charge is 0.507 e. The summed E-state index contributed by atoms with van der Waals surface area (Å²) in [6, 6.07) is 4.40. The molecule has 0 unspecified atom stereocenters. The van der Waals surface area contributed by atoms with Gasteiger partial charge in [-0.1, -0.05) is 12.1 Å². The monoisotopic (exact) mass is 456 g/mol. The molecule has 9 heteroatoms. The van der Waals surface area contributed by atoms with Crippen LogP contribution in [-0.2, 0) is 16.0 Å². The maximum Gasteiger partial charge on any atom is 0.202 e. The quantitative estimate of drug-likeness (QED) is 0.420. The third-order valence-electron chi connectivity index (χ3n) is 6.16. The fraction of sp³-hybridized carbons (Fsp3) is 0.375. The van der Waals surface area contributed by atoms with Crippen molar-refractivity contribution in [3.8, 4) is 17.2 Å². The van der Waals surface area contributed by atoms with Gasteiger partial charge in [0.2, 0.25) is 5.78 Å². The molecule has 0 saturated carbocycles. The second-order valence-corrected chi connectivity index (χ2v) is 8.59. The molecule has 174 valence electrons. The number of hydrogen-bond acceptors (Lipinski definition) is 9. The number of ether oxygens (including phenoxy) is 2. The van der Waals surface area contributed by atoms with Gasteiger partial charge in [-0.15, -0.1) is 0 Å². The highest BCUT2D eigenvalue weighted by atomic mass is 16.5. The van der Waals surface area contributed by atoms with Crippen LogP contribution in [0, 0.1) is 0 Å². The molecule has 4 N–H and O–H groups in total. The van der Waals surface area contributed by atoms with Crippen LogP contribution in [0.3, 0.4) is 0 Å². The van der Waals surface area contributed by atoms with Crippen LogP contribution in [0.2, 0.25) is 0 Å². The van der Waals surface area contributed by atoms with E-state index in [9.17, 15) is 34.8 Å². The second-order valence-electron chi connectivity index (χ2n) is 8.59. The lowest BCUT2D eigenvalue weighted by molar-refractivity contribution is -0.148. The van der Waals surface area contributed by atoms with Gasteiger partial charge < -0.3 is 29.9 Å². The predicted octanol–water partition coefficient (Wildman–Crippen LogP) is 1.59. The van der Waals surface area contributed by atoms with Crippen LogP contribution < -0.4 is 4.74 Å². The zero-order valence-corrected chi connectivity index (χ0v) is 18.3. The maximum atomic E-state index is 13.3. The number of Topliss-reactive ketones (excluding diaryl/α,β-unsaturated/α-hetero) is 1. The van der Waals surface area contributed by atoms with Crippen LogP contribution in [0.25, 0.3) is 0 Å². The summed E-state index contributed by atoms with van der Waals surface area (Å²) < 4.78 is 10.5. The summed E-state index contributed by atoms with van der Waals surface area (Å²) in [4.78, 5) is 39.2. The first-order valence-electron chi connectivity index (χ1n) is 10.4. The number of phenolic OH excluding ortho intramolecular Hbond substituents is 2. The summed E-state index contributed by atoms with van der Waals surface area (Å²) in [5.74, 6) is -3.41. The van der Waals surface area contributed by atoms with E-state index in [1.54, 1.807) is 13.8 Å². The van der Waals surface area contributed by atoms with Gasteiger partial charge in [0, 0.05) is 29.5 Å². The van der Waals surface area contributed by atoms with E-state index in [0.717, 1.165) is 0 Å². The minimum atomic E-state index is -2.09. The molecule has 2 atom stereocenters. The van der Waals surface area contributed by atoms with Crippen molar-refractivity contribution in [3.63, 3.8) is 0 Å². The SMILES string of the molecule is COc1cccc2c1C(=O)c1c(O)c3c(c(O)c1C2=O)C[C@@](O)(C(=O)COC(C)C)C[C@@H]3O. The Labute approximate surface area is 189 Å². The van der Waals surface area contributed by atoms with Crippen LogP contribution in [-0.4, -0.2) is 63.2 Å².